The highest BCUT2D eigenvalue weighted by Gasteiger charge is 2.47. The van der Waals surface area contributed by atoms with Gasteiger partial charge >= 0.3 is 8.80 Å². The van der Waals surface area contributed by atoms with Crippen molar-refractivity contribution in [2.75, 3.05) is 26.4 Å². The Bertz CT molecular complexity index is 137. The maximum atomic E-state index is 5.69. The highest BCUT2D eigenvalue weighted by Crippen LogP contribution is 2.17. The van der Waals surface area contributed by atoms with Crippen LogP contribution in [-0.2, 0) is 18.0 Å². The third kappa shape index (κ3) is 4.61. The van der Waals surface area contributed by atoms with Crippen molar-refractivity contribution in [2.45, 2.75) is 40.3 Å². The number of ether oxygens (including phenoxy) is 1. The Morgan fingerprint density at radius 2 is 1.20 bits per heavy atom. The zero-order valence-electron chi connectivity index (χ0n) is 10.5. The Morgan fingerprint density at radius 1 is 0.800 bits per heavy atom. The van der Waals surface area contributed by atoms with Crippen molar-refractivity contribution in [1.82, 2.24) is 0 Å². The molecule has 5 heteroatoms. The second-order valence-electron chi connectivity index (χ2n) is 3.00. The molecule has 1 atom stereocenters. The zero-order chi connectivity index (χ0) is 11.7. The highest BCUT2D eigenvalue weighted by molar-refractivity contribution is 6.62. The molecule has 0 aromatic heterocycles. The molecule has 0 spiro atoms. The first kappa shape index (κ1) is 15.1. The van der Waals surface area contributed by atoms with Gasteiger partial charge in [0, 0.05) is 26.4 Å². The van der Waals surface area contributed by atoms with Crippen molar-refractivity contribution in [1.29, 1.82) is 0 Å². The third-order valence-electron chi connectivity index (χ3n) is 1.95. The van der Waals surface area contributed by atoms with Gasteiger partial charge in [0.2, 0.25) is 0 Å². The molecule has 0 aromatic rings. The SMILES string of the molecule is CCOC(C)[Si](OCC)(OCC)OCC. The first-order valence-corrected chi connectivity index (χ1v) is 7.50. The predicted molar refractivity (Wildman–Crippen MR) is 61.7 cm³/mol. The summed E-state index contributed by atoms with van der Waals surface area (Å²) in [5.41, 5.74) is -0.109. The van der Waals surface area contributed by atoms with Gasteiger partial charge in [-0.1, -0.05) is 0 Å². The fourth-order valence-electron chi connectivity index (χ4n) is 1.43. The van der Waals surface area contributed by atoms with Crippen molar-refractivity contribution >= 4 is 8.80 Å². The minimum Gasteiger partial charge on any atom is -0.374 e. The predicted octanol–water partition coefficient (Wildman–Crippen LogP) is 2.00. The molecule has 0 heterocycles. The average Bonchev–Trinajstić information content (AvgIpc) is 2.19. The second kappa shape index (κ2) is 8.24. The van der Waals surface area contributed by atoms with Crippen molar-refractivity contribution in [3.8, 4) is 0 Å². The molecule has 0 aromatic carbocycles. The maximum absolute atomic E-state index is 5.69. The Kier molecular flexibility index (Phi) is 8.27. The Morgan fingerprint density at radius 3 is 1.47 bits per heavy atom. The van der Waals surface area contributed by atoms with Crippen LogP contribution in [-0.4, -0.2) is 41.0 Å². The summed E-state index contributed by atoms with van der Waals surface area (Å²) in [7, 11) is -2.64. The summed E-state index contributed by atoms with van der Waals surface area (Å²) in [5.74, 6) is 0. The van der Waals surface area contributed by atoms with E-state index in [0.29, 0.717) is 26.4 Å². The second-order valence-corrected chi connectivity index (χ2v) is 5.89. The zero-order valence-corrected chi connectivity index (χ0v) is 11.5. The van der Waals surface area contributed by atoms with Gasteiger partial charge in [-0.25, -0.2) is 0 Å². The largest absolute Gasteiger partial charge is 0.531 e. The van der Waals surface area contributed by atoms with Gasteiger partial charge in [-0.2, -0.15) is 0 Å². The highest BCUT2D eigenvalue weighted by atomic mass is 28.4. The van der Waals surface area contributed by atoms with Gasteiger partial charge in [-0.3, -0.25) is 0 Å². The van der Waals surface area contributed by atoms with Crippen molar-refractivity contribution in [3.63, 3.8) is 0 Å². The maximum Gasteiger partial charge on any atom is 0.531 e. The smallest absolute Gasteiger partial charge is 0.374 e. The molecule has 92 valence electrons. The lowest BCUT2D eigenvalue weighted by atomic mass is 10.8. The number of rotatable bonds is 9. The molecule has 1 unspecified atom stereocenters. The molecule has 15 heavy (non-hydrogen) atoms. The standard InChI is InChI=1S/C10H24O4Si/c1-6-11-10(5)15(12-7-2,13-8-3)14-9-4/h10H,6-9H2,1-5H3. The van der Waals surface area contributed by atoms with E-state index in [0.717, 1.165) is 0 Å². The van der Waals surface area contributed by atoms with E-state index < -0.39 is 8.80 Å². The summed E-state index contributed by atoms with van der Waals surface area (Å²) in [6.45, 7) is 12.1. The van der Waals surface area contributed by atoms with Crippen LogP contribution in [0.1, 0.15) is 34.6 Å². The van der Waals surface area contributed by atoms with Gasteiger partial charge in [0.1, 0.15) is 5.73 Å². The molecule has 0 radical (unpaired) electrons. The molecule has 0 bridgehead atoms. The Balaban J connectivity index is 4.57. The van der Waals surface area contributed by atoms with Crippen LogP contribution in [0.25, 0.3) is 0 Å². The van der Waals surface area contributed by atoms with E-state index in [1.807, 2.05) is 34.6 Å². The molecule has 0 aliphatic carbocycles. The van der Waals surface area contributed by atoms with Gasteiger partial charge in [0.15, 0.2) is 0 Å². The molecule has 0 saturated carbocycles. The molecule has 0 amide bonds. The van der Waals surface area contributed by atoms with Gasteiger partial charge in [-0.15, -0.1) is 0 Å². The number of hydrogen-bond acceptors (Lipinski definition) is 4. The molecule has 0 aliphatic rings. The Hall–Kier alpha value is 0.0569. The van der Waals surface area contributed by atoms with E-state index in [1.54, 1.807) is 0 Å². The monoisotopic (exact) mass is 236 g/mol. The summed E-state index contributed by atoms with van der Waals surface area (Å²) >= 11 is 0. The van der Waals surface area contributed by atoms with Crippen LogP contribution in [0.15, 0.2) is 0 Å². The fourth-order valence-corrected chi connectivity index (χ4v) is 3.96. The average molecular weight is 236 g/mol. The van der Waals surface area contributed by atoms with Crippen LogP contribution in [0.3, 0.4) is 0 Å². The summed E-state index contributed by atoms with van der Waals surface area (Å²) in [6, 6.07) is 0. The van der Waals surface area contributed by atoms with Crippen LogP contribution < -0.4 is 0 Å². The van der Waals surface area contributed by atoms with E-state index in [-0.39, 0.29) is 5.73 Å². The van der Waals surface area contributed by atoms with Gasteiger partial charge in [0.25, 0.3) is 0 Å². The van der Waals surface area contributed by atoms with Crippen LogP contribution >= 0.6 is 0 Å². The van der Waals surface area contributed by atoms with E-state index >= 15 is 0 Å². The van der Waals surface area contributed by atoms with E-state index in [9.17, 15) is 0 Å². The lowest BCUT2D eigenvalue weighted by molar-refractivity contribution is -0.00000943. The van der Waals surface area contributed by atoms with E-state index in [1.165, 1.54) is 0 Å². The van der Waals surface area contributed by atoms with Crippen LogP contribution in [0.5, 0.6) is 0 Å². The molecule has 0 rings (SSSR count). The molecule has 4 nitrogen and oxygen atoms in total. The summed E-state index contributed by atoms with van der Waals surface area (Å²) < 4.78 is 22.6. The first-order chi connectivity index (χ1) is 7.16. The summed E-state index contributed by atoms with van der Waals surface area (Å²) in [5, 5.41) is 0. The minimum absolute atomic E-state index is 0.109. The lowest BCUT2D eigenvalue weighted by Crippen LogP contribution is -2.56. The van der Waals surface area contributed by atoms with Crippen molar-refractivity contribution in [3.05, 3.63) is 0 Å². The lowest BCUT2D eigenvalue weighted by Gasteiger charge is -2.32. The third-order valence-corrected chi connectivity index (χ3v) is 5.19. The molecule has 0 fully saturated rings. The fraction of sp³-hybridized carbons (Fsp3) is 1.00. The minimum atomic E-state index is -2.64. The summed E-state index contributed by atoms with van der Waals surface area (Å²) in [4.78, 5) is 0. The normalized spacial score (nSPS) is 14.2. The molecular weight excluding hydrogens is 212 g/mol. The quantitative estimate of drug-likeness (QED) is 0.574. The van der Waals surface area contributed by atoms with Gasteiger partial charge in [0.05, 0.1) is 0 Å². The van der Waals surface area contributed by atoms with E-state index in [2.05, 4.69) is 0 Å². The van der Waals surface area contributed by atoms with E-state index in [4.69, 9.17) is 18.0 Å². The van der Waals surface area contributed by atoms with Gasteiger partial charge in [-0.05, 0) is 34.6 Å². The molecule has 0 N–H and O–H groups in total. The molecule has 0 saturated heterocycles. The van der Waals surface area contributed by atoms with Gasteiger partial charge < -0.3 is 18.0 Å². The molecule has 0 aliphatic heterocycles. The Labute approximate surface area is 94.2 Å². The first-order valence-electron chi connectivity index (χ1n) is 5.70. The summed E-state index contributed by atoms with van der Waals surface area (Å²) in [6.07, 6.45) is 0. The van der Waals surface area contributed by atoms with Crippen LogP contribution in [0.4, 0.5) is 0 Å². The van der Waals surface area contributed by atoms with Crippen molar-refractivity contribution in [2.24, 2.45) is 0 Å². The van der Waals surface area contributed by atoms with Crippen molar-refractivity contribution < 1.29 is 18.0 Å². The molecular formula is C10H24O4Si. The van der Waals surface area contributed by atoms with Crippen LogP contribution in [0.2, 0.25) is 0 Å². The topological polar surface area (TPSA) is 36.9 Å². The number of hydrogen-bond donors (Lipinski definition) is 0. The van der Waals surface area contributed by atoms with Crippen LogP contribution in [0, 0.1) is 0 Å².